The normalized spacial score (nSPS) is 16.4. The van der Waals surface area contributed by atoms with Gasteiger partial charge in [0.15, 0.2) is 0 Å². The molecule has 1 aliphatic rings. The molecule has 1 unspecified atom stereocenters. The van der Waals surface area contributed by atoms with Crippen LogP contribution in [0.3, 0.4) is 0 Å². The first-order chi connectivity index (χ1) is 13.8. The topological polar surface area (TPSA) is 78.7 Å². The summed E-state index contributed by atoms with van der Waals surface area (Å²) in [5.41, 5.74) is 2.70. The Balaban J connectivity index is 1.55. The Morgan fingerprint density at radius 2 is 1.93 bits per heavy atom. The monoisotopic (exact) mass is 416 g/mol. The van der Waals surface area contributed by atoms with Crippen molar-refractivity contribution >= 4 is 28.9 Å². The van der Waals surface area contributed by atoms with E-state index in [1.54, 1.807) is 0 Å². The van der Waals surface area contributed by atoms with E-state index in [0.29, 0.717) is 0 Å². The highest BCUT2D eigenvalue weighted by atomic mass is 35.5. The summed E-state index contributed by atoms with van der Waals surface area (Å²) in [5.74, 6) is -0.223. The molecule has 2 aromatic rings. The second kappa shape index (κ2) is 9.35. The molecule has 0 saturated carbocycles. The molecule has 0 aromatic heterocycles. The molecule has 1 aliphatic heterocycles. The van der Waals surface area contributed by atoms with Crippen LogP contribution < -0.4 is 5.32 Å². The molecule has 0 radical (unpaired) electrons. The highest BCUT2D eigenvalue weighted by molar-refractivity contribution is 6.33. The standard InChI is InChI=1S/C21H25ClN4O3/c1-15-4-3-5-17(12-15)14-24-8-10-25(11-9-24)16(2)21(27)23-20-13-18(26(28)29)6-7-19(20)22/h3-7,12-13,16H,8-11,14H2,1-2H3,(H,23,27). The quantitative estimate of drug-likeness (QED) is 0.573. The maximum atomic E-state index is 12.7. The zero-order chi connectivity index (χ0) is 21.0. The van der Waals surface area contributed by atoms with Crippen LogP contribution in [-0.4, -0.2) is 52.9 Å². The molecular weight excluding hydrogens is 392 g/mol. The molecule has 2 aromatic carbocycles. The smallest absolute Gasteiger partial charge is 0.271 e. The minimum Gasteiger partial charge on any atom is -0.323 e. The van der Waals surface area contributed by atoms with Crippen molar-refractivity contribution in [2.75, 3.05) is 31.5 Å². The second-order valence-corrected chi connectivity index (χ2v) is 7.79. The molecule has 0 aliphatic carbocycles. The number of hydrogen-bond acceptors (Lipinski definition) is 5. The number of benzene rings is 2. The summed E-state index contributed by atoms with van der Waals surface area (Å²) in [4.78, 5) is 27.6. The molecule has 1 saturated heterocycles. The average molecular weight is 417 g/mol. The lowest BCUT2D eigenvalue weighted by atomic mass is 10.1. The van der Waals surface area contributed by atoms with Gasteiger partial charge in [-0.05, 0) is 25.5 Å². The third-order valence-electron chi connectivity index (χ3n) is 5.24. The van der Waals surface area contributed by atoms with Crippen LogP contribution in [0.15, 0.2) is 42.5 Å². The van der Waals surface area contributed by atoms with Gasteiger partial charge in [-0.15, -0.1) is 0 Å². The van der Waals surface area contributed by atoms with Crippen molar-refractivity contribution in [3.63, 3.8) is 0 Å². The third kappa shape index (κ3) is 5.53. The molecular formula is C21H25ClN4O3. The Bertz CT molecular complexity index is 897. The van der Waals surface area contributed by atoms with Gasteiger partial charge in [-0.3, -0.25) is 24.7 Å². The van der Waals surface area contributed by atoms with Crippen LogP contribution >= 0.6 is 11.6 Å². The fraction of sp³-hybridized carbons (Fsp3) is 0.381. The van der Waals surface area contributed by atoms with E-state index < -0.39 is 4.92 Å². The number of amides is 1. The van der Waals surface area contributed by atoms with Crippen LogP contribution in [-0.2, 0) is 11.3 Å². The van der Waals surface area contributed by atoms with Crippen LogP contribution in [0.25, 0.3) is 0 Å². The van der Waals surface area contributed by atoms with Gasteiger partial charge in [0.05, 0.1) is 21.7 Å². The van der Waals surface area contributed by atoms with Crippen molar-refractivity contribution in [2.45, 2.75) is 26.4 Å². The number of nitro benzene ring substituents is 1. The molecule has 154 valence electrons. The number of aryl methyl sites for hydroxylation is 1. The summed E-state index contributed by atoms with van der Waals surface area (Å²) in [6.07, 6.45) is 0. The van der Waals surface area contributed by atoms with Gasteiger partial charge in [0, 0.05) is 44.9 Å². The highest BCUT2D eigenvalue weighted by Crippen LogP contribution is 2.27. The summed E-state index contributed by atoms with van der Waals surface area (Å²) < 4.78 is 0. The first-order valence-corrected chi connectivity index (χ1v) is 9.98. The first-order valence-electron chi connectivity index (χ1n) is 9.60. The van der Waals surface area contributed by atoms with Gasteiger partial charge in [0.1, 0.15) is 0 Å². The minimum atomic E-state index is -0.511. The maximum Gasteiger partial charge on any atom is 0.271 e. The summed E-state index contributed by atoms with van der Waals surface area (Å²) >= 11 is 6.09. The van der Waals surface area contributed by atoms with Crippen molar-refractivity contribution in [1.29, 1.82) is 0 Å². The summed E-state index contributed by atoms with van der Waals surface area (Å²) in [6, 6.07) is 12.2. The van der Waals surface area contributed by atoms with Crippen LogP contribution in [0.1, 0.15) is 18.1 Å². The number of non-ortho nitro benzene ring substituents is 1. The highest BCUT2D eigenvalue weighted by Gasteiger charge is 2.26. The average Bonchev–Trinajstić information content (AvgIpc) is 2.69. The Kier molecular flexibility index (Phi) is 6.84. The van der Waals surface area contributed by atoms with Crippen molar-refractivity contribution in [3.05, 3.63) is 68.7 Å². The minimum absolute atomic E-state index is 0.109. The Morgan fingerprint density at radius 1 is 1.21 bits per heavy atom. The zero-order valence-corrected chi connectivity index (χ0v) is 17.4. The number of nitro groups is 1. The number of nitrogens with one attached hydrogen (secondary N) is 1. The van der Waals surface area contributed by atoms with E-state index in [4.69, 9.17) is 11.6 Å². The van der Waals surface area contributed by atoms with Crippen molar-refractivity contribution in [3.8, 4) is 0 Å². The van der Waals surface area contributed by atoms with Gasteiger partial charge in [-0.2, -0.15) is 0 Å². The van der Waals surface area contributed by atoms with E-state index in [9.17, 15) is 14.9 Å². The zero-order valence-electron chi connectivity index (χ0n) is 16.6. The summed E-state index contributed by atoms with van der Waals surface area (Å²) in [7, 11) is 0. The van der Waals surface area contributed by atoms with Crippen LogP contribution in [0.4, 0.5) is 11.4 Å². The van der Waals surface area contributed by atoms with Gasteiger partial charge in [-0.1, -0.05) is 41.4 Å². The molecule has 0 bridgehead atoms. The number of nitrogens with zero attached hydrogens (tertiary/aromatic N) is 3. The number of piperazine rings is 1. The number of carbonyl (C=O) groups is 1. The lowest BCUT2D eigenvalue weighted by Gasteiger charge is -2.37. The van der Waals surface area contributed by atoms with Gasteiger partial charge in [0.25, 0.3) is 5.69 Å². The fourth-order valence-corrected chi connectivity index (χ4v) is 3.67. The van der Waals surface area contributed by atoms with E-state index >= 15 is 0 Å². The van der Waals surface area contributed by atoms with E-state index in [2.05, 4.69) is 46.3 Å². The number of anilines is 1. The predicted octanol–water partition coefficient (Wildman–Crippen LogP) is 3.70. The maximum absolute atomic E-state index is 12.7. The van der Waals surface area contributed by atoms with Gasteiger partial charge >= 0.3 is 0 Å². The van der Waals surface area contributed by atoms with E-state index in [-0.39, 0.29) is 28.3 Å². The van der Waals surface area contributed by atoms with Crippen LogP contribution in [0, 0.1) is 17.0 Å². The van der Waals surface area contributed by atoms with E-state index in [1.165, 1.54) is 29.3 Å². The molecule has 1 N–H and O–H groups in total. The van der Waals surface area contributed by atoms with E-state index in [1.807, 2.05) is 6.92 Å². The molecule has 1 fully saturated rings. The lowest BCUT2D eigenvalue weighted by Crippen LogP contribution is -2.52. The first kappa shape index (κ1) is 21.2. The SMILES string of the molecule is Cc1cccc(CN2CCN(C(C)C(=O)Nc3cc([N+](=O)[O-])ccc3Cl)CC2)c1. The molecule has 1 amide bonds. The van der Waals surface area contributed by atoms with Gasteiger partial charge in [-0.25, -0.2) is 0 Å². The van der Waals surface area contributed by atoms with Gasteiger partial charge in [0.2, 0.25) is 5.91 Å². The molecule has 1 heterocycles. The third-order valence-corrected chi connectivity index (χ3v) is 5.57. The number of carbonyl (C=O) groups excluding carboxylic acids is 1. The number of hydrogen-bond donors (Lipinski definition) is 1. The lowest BCUT2D eigenvalue weighted by molar-refractivity contribution is -0.384. The van der Waals surface area contributed by atoms with Crippen molar-refractivity contribution < 1.29 is 9.72 Å². The predicted molar refractivity (Wildman–Crippen MR) is 114 cm³/mol. The Labute approximate surface area is 175 Å². The second-order valence-electron chi connectivity index (χ2n) is 7.39. The largest absolute Gasteiger partial charge is 0.323 e. The summed E-state index contributed by atoms with van der Waals surface area (Å²) in [5, 5.41) is 14.0. The molecule has 3 rings (SSSR count). The molecule has 1 atom stereocenters. The number of halogens is 1. The molecule has 0 spiro atoms. The molecule has 8 heteroatoms. The van der Waals surface area contributed by atoms with Crippen LogP contribution in [0.2, 0.25) is 5.02 Å². The van der Waals surface area contributed by atoms with Gasteiger partial charge < -0.3 is 5.32 Å². The van der Waals surface area contributed by atoms with E-state index in [0.717, 1.165) is 32.7 Å². The number of rotatable bonds is 6. The van der Waals surface area contributed by atoms with Crippen LogP contribution in [0.5, 0.6) is 0 Å². The Morgan fingerprint density at radius 3 is 2.59 bits per heavy atom. The van der Waals surface area contributed by atoms with Crippen molar-refractivity contribution in [1.82, 2.24) is 9.80 Å². The fourth-order valence-electron chi connectivity index (χ4n) is 3.50. The Hall–Kier alpha value is -2.48. The molecule has 29 heavy (non-hydrogen) atoms. The summed E-state index contributed by atoms with van der Waals surface area (Å²) in [6.45, 7) is 8.16. The molecule has 7 nitrogen and oxygen atoms in total. The van der Waals surface area contributed by atoms with Crippen molar-refractivity contribution in [2.24, 2.45) is 0 Å².